The van der Waals surface area contributed by atoms with Gasteiger partial charge in [0.05, 0.1) is 18.4 Å². The van der Waals surface area contributed by atoms with E-state index in [0.717, 1.165) is 17.1 Å². The van der Waals surface area contributed by atoms with Crippen LogP contribution in [0.2, 0.25) is 0 Å². The quantitative estimate of drug-likeness (QED) is 0.625. The van der Waals surface area contributed by atoms with Crippen LogP contribution in [0.15, 0.2) is 54.6 Å². The van der Waals surface area contributed by atoms with E-state index in [2.05, 4.69) is 20.6 Å². The van der Waals surface area contributed by atoms with Crippen LogP contribution >= 0.6 is 0 Å². The normalized spacial score (nSPS) is 10.3. The number of carbonyl (C=O) groups is 1. The number of esters is 1. The third-order valence-corrected chi connectivity index (χ3v) is 4.09. The smallest absolute Gasteiger partial charge is 0.339 e. The highest BCUT2D eigenvalue weighted by atomic mass is 16.5. The zero-order valence-electron chi connectivity index (χ0n) is 16.4. The van der Waals surface area contributed by atoms with Crippen molar-refractivity contribution in [3.8, 4) is 0 Å². The maximum atomic E-state index is 12.0. The first-order chi connectivity index (χ1) is 13.5. The number of para-hydroxylation sites is 1. The number of aryl methyl sites for hydroxylation is 1. The Morgan fingerprint density at radius 3 is 2.39 bits per heavy atom. The highest BCUT2D eigenvalue weighted by Crippen LogP contribution is 2.23. The summed E-state index contributed by atoms with van der Waals surface area (Å²) in [6, 6.07) is 16.9. The lowest BCUT2D eigenvalue weighted by Crippen LogP contribution is -2.08. The Morgan fingerprint density at radius 2 is 1.71 bits per heavy atom. The second kappa shape index (κ2) is 8.39. The van der Waals surface area contributed by atoms with E-state index < -0.39 is 5.97 Å². The molecule has 1 aromatic heterocycles. The Labute approximate surface area is 164 Å². The van der Waals surface area contributed by atoms with Crippen LogP contribution in [0.25, 0.3) is 0 Å². The molecule has 0 saturated carbocycles. The van der Waals surface area contributed by atoms with Gasteiger partial charge in [-0.05, 0) is 43.3 Å². The maximum Gasteiger partial charge on any atom is 0.339 e. The zero-order valence-corrected chi connectivity index (χ0v) is 16.4. The van der Waals surface area contributed by atoms with Crippen LogP contribution in [0.3, 0.4) is 0 Å². The molecule has 0 bridgehead atoms. The number of anilines is 5. The van der Waals surface area contributed by atoms with Crippen molar-refractivity contribution in [2.24, 2.45) is 0 Å². The third-order valence-electron chi connectivity index (χ3n) is 4.09. The van der Waals surface area contributed by atoms with Gasteiger partial charge in [0.15, 0.2) is 0 Å². The largest absolute Gasteiger partial charge is 0.465 e. The van der Waals surface area contributed by atoms with Crippen molar-refractivity contribution in [3.63, 3.8) is 0 Å². The number of hydrogen-bond acceptors (Lipinski definition) is 7. The van der Waals surface area contributed by atoms with Gasteiger partial charge in [0, 0.05) is 37.2 Å². The van der Waals surface area contributed by atoms with Crippen LogP contribution in [0.1, 0.15) is 16.1 Å². The number of ether oxygens (including phenoxy) is 1. The first kappa shape index (κ1) is 19.2. The molecule has 0 amide bonds. The van der Waals surface area contributed by atoms with E-state index in [4.69, 9.17) is 4.74 Å². The highest BCUT2D eigenvalue weighted by Gasteiger charge is 2.12. The van der Waals surface area contributed by atoms with E-state index in [1.54, 1.807) is 18.2 Å². The van der Waals surface area contributed by atoms with Gasteiger partial charge in [0.1, 0.15) is 5.82 Å². The monoisotopic (exact) mass is 377 g/mol. The minimum Gasteiger partial charge on any atom is -0.465 e. The van der Waals surface area contributed by atoms with Gasteiger partial charge in [-0.2, -0.15) is 4.98 Å². The number of aromatic nitrogens is 2. The van der Waals surface area contributed by atoms with Gasteiger partial charge in [-0.25, -0.2) is 9.78 Å². The molecule has 0 atom stereocenters. The minimum atomic E-state index is -0.409. The van der Waals surface area contributed by atoms with Gasteiger partial charge in [-0.15, -0.1) is 0 Å². The molecule has 0 aliphatic rings. The molecule has 7 nitrogen and oxygen atoms in total. The zero-order chi connectivity index (χ0) is 20.1. The molecular weight excluding hydrogens is 354 g/mol. The van der Waals surface area contributed by atoms with Crippen molar-refractivity contribution in [1.82, 2.24) is 9.97 Å². The summed E-state index contributed by atoms with van der Waals surface area (Å²) >= 11 is 0. The van der Waals surface area contributed by atoms with Crippen molar-refractivity contribution < 1.29 is 9.53 Å². The van der Waals surface area contributed by atoms with Gasteiger partial charge in [0.25, 0.3) is 0 Å². The van der Waals surface area contributed by atoms with E-state index in [1.165, 1.54) is 7.11 Å². The summed E-state index contributed by atoms with van der Waals surface area (Å²) in [5.74, 6) is 0.639. The number of benzene rings is 2. The molecule has 2 aromatic carbocycles. The third kappa shape index (κ3) is 4.56. The second-order valence-electron chi connectivity index (χ2n) is 6.45. The van der Waals surface area contributed by atoms with Crippen molar-refractivity contribution in [3.05, 3.63) is 65.9 Å². The fraction of sp³-hybridized carbons (Fsp3) is 0.190. The van der Waals surface area contributed by atoms with E-state index in [9.17, 15) is 4.79 Å². The van der Waals surface area contributed by atoms with Crippen LogP contribution in [-0.2, 0) is 4.74 Å². The molecule has 3 aromatic rings. The molecule has 0 radical (unpaired) electrons. The lowest BCUT2D eigenvalue weighted by molar-refractivity contribution is 0.0602. The lowest BCUT2D eigenvalue weighted by Gasteiger charge is -2.14. The number of rotatable bonds is 6. The predicted octanol–water partition coefficient (Wildman–Crippen LogP) is 4.12. The molecule has 2 N–H and O–H groups in total. The topological polar surface area (TPSA) is 79.4 Å². The maximum absolute atomic E-state index is 12.0. The summed E-state index contributed by atoms with van der Waals surface area (Å²) in [5.41, 5.74) is 3.85. The number of nitrogens with zero attached hydrogens (tertiary/aromatic N) is 3. The summed E-state index contributed by atoms with van der Waals surface area (Å²) < 4.78 is 4.84. The van der Waals surface area contributed by atoms with Crippen LogP contribution < -0.4 is 15.5 Å². The Kier molecular flexibility index (Phi) is 5.74. The molecular formula is C21H23N5O2. The van der Waals surface area contributed by atoms with E-state index in [1.807, 2.05) is 62.3 Å². The average molecular weight is 377 g/mol. The summed E-state index contributed by atoms with van der Waals surface area (Å²) in [6.45, 7) is 1.89. The first-order valence-corrected chi connectivity index (χ1v) is 8.81. The van der Waals surface area contributed by atoms with Crippen LogP contribution in [0.5, 0.6) is 0 Å². The predicted molar refractivity (Wildman–Crippen MR) is 112 cm³/mol. The van der Waals surface area contributed by atoms with Crippen molar-refractivity contribution >= 4 is 34.8 Å². The lowest BCUT2D eigenvalue weighted by atomic mass is 10.2. The Balaban J connectivity index is 1.83. The Morgan fingerprint density at radius 1 is 1.00 bits per heavy atom. The van der Waals surface area contributed by atoms with Gasteiger partial charge < -0.3 is 20.3 Å². The Bertz CT molecular complexity index is 971. The minimum absolute atomic E-state index is 0.409. The highest BCUT2D eigenvalue weighted by molar-refractivity contribution is 5.96. The van der Waals surface area contributed by atoms with E-state index in [-0.39, 0.29) is 0 Å². The van der Waals surface area contributed by atoms with Crippen LogP contribution in [0, 0.1) is 6.92 Å². The number of carbonyl (C=O) groups excluding carboxylic acids is 1. The van der Waals surface area contributed by atoms with Crippen molar-refractivity contribution in [2.45, 2.75) is 6.92 Å². The second-order valence-corrected chi connectivity index (χ2v) is 6.45. The van der Waals surface area contributed by atoms with Crippen LogP contribution in [0.4, 0.5) is 28.8 Å². The van der Waals surface area contributed by atoms with E-state index >= 15 is 0 Å². The molecule has 7 heteroatoms. The van der Waals surface area contributed by atoms with Gasteiger partial charge in [0.2, 0.25) is 5.95 Å². The summed E-state index contributed by atoms with van der Waals surface area (Å²) in [4.78, 5) is 22.9. The summed E-state index contributed by atoms with van der Waals surface area (Å²) in [6.07, 6.45) is 0. The summed E-state index contributed by atoms with van der Waals surface area (Å²) in [7, 11) is 5.35. The molecule has 1 heterocycles. The molecule has 144 valence electrons. The molecule has 0 spiro atoms. The van der Waals surface area contributed by atoms with Gasteiger partial charge in [-0.3, -0.25) is 0 Å². The van der Waals surface area contributed by atoms with Crippen molar-refractivity contribution in [2.75, 3.05) is 36.7 Å². The van der Waals surface area contributed by atoms with Gasteiger partial charge >= 0.3 is 5.97 Å². The standard InChI is InChI=1S/C21H23N5O2/c1-14-13-19(24-18-8-6-5-7-17(18)20(27)28-4)25-21(22-14)23-15-9-11-16(12-10-15)26(2)3/h5-13H,1-4H3,(H2,22,23,24,25). The van der Waals surface area contributed by atoms with Crippen molar-refractivity contribution in [1.29, 1.82) is 0 Å². The summed E-state index contributed by atoms with van der Waals surface area (Å²) in [5, 5.41) is 6.39. The molecule has 0 saturated heterocycles. The molecule has 0 unspecified atom stereocenters. The molecule has 0 aliphatic heterocycles. The molecule has 3 rings (SSSR count). The average Bonchev–Trinajstić information content (AvgIpc) is 2.68. The van der Waals surface area contributed by atoms with Crippen LogP contribution in [-0.4, -0.2) is 37.1 Å². The van der Waals surface area contributed by atoms with Gasteiger partial charge in [-0.1, -0.05) is 12.1 Å². The van der Waals surface area contributed by atoms with E-state index in [0.29, 0.717) is 23.0 Å². The number of hydrogen-bond donors (Lipinski definition) is 2. The SMILES string of the molecule is COC(=O)c1ccccc1Nc1cc(C)nc(Nc2ccc(N(C)C)cc2)n1. The molecule has 0 aliphatic carbocycles. The number of nitrogens with one attached hydrogen (secondary N) is 2. The Hall–Kier alpha value is -3.61. The fourth-order valence-electron chi connectivity index (χ4n) is 2.68. The molecule has 0 fully saturated rings. The fourth-order valence-corrected chi connectivity index (χ4v) is 2.68. The first-order valence-electron chi connectivity index (χ1n) is 8.81. The molecule has 28 heavy (non-hydrogen) atoms. The number of methoxy groups -OCH3 is 1.